The molecule has 0 aromatic heterocycles. The normalized spacial score (nSPS) is 20.4. The van der Waals surface area contributed by atoms with Crippen LogP contribution in [0.25, 0.3) is 0 Å². The first-order valence-electron chi connectivity index (χ1n) is 8.71. The van der Waals surface area contributed by atoms with Crippen molar-refractivity contribution >= 4 is 0 Å². The summed E-state index contributed by atoms with van der Waals surface area (Å²) in [4.78, 5) is 0. The third kappa shape index (κ3) is 5.44. The van der Waals surface area contributed by atoms with Gasteiger partial charge in [0.25, 0.3) is 0 Å². The maximum Gasteiger partial charge on any atom is 0.0575 e. The number of hydrogen-bond acceptors (Lipinski definition) is 2. The van der Waals surface area contributed by atoms with Crippen molar-refractivity contribution in [2.24, 2.45) is 0 Å². The summed E-state index contributed by atoms with van der Waals surface area (Å²) in [6.45, 7) is 3.21. The van der Waals surface area contributed by atoms with Crippen LogP contribution in [-0.2, 0) is 11.2 Å². The van der Waals surface area contributed by atoms with Crippen LogP contribution in [0.1, 0.15) is 69.0 Å². The number of ether oxygens (including phenoxy) is 1. The molecule has 2 heteroatoms. The molecule has 1 aliphatic rings. The molecule has 2 rings (SSSR count). The Morgan fingerprint density at radius 2 is 2.05 bits per heavy atom. The van der Waals surface area contributed by atoms with Gasteiger partial charge in [-0.25, -0.2) is 0 Å². The highest BCUT2D eigenvalue weighted by molar-refractivity contribution is 5.25. The smallest absolute Gasteiger partial charge is 0.0575 e. The minimum Gasteiger partial charge on any atom is -0.378 e. The van der Waals surface area contributed by atoms with Crippen LogP contribution in [0.4, 0.5) is 0 Å². The van der Waals surface area contributed by atoms with E-state index in [1.807, 2.05) is 0 Å². The highest BCUT2D eigenvalue weighted by atomic mass is 16.5. The van der Waals surface area contributed by atoms with E-state index in [0.29, 0.717) is 12.1 Å². The highest BCUT2D eigenvalue weighted by Gasteiger charge is 2.16. The predicted molar refractivity (Wildman–Crippen MR) is 89.7 cm³/mol. The predicted octanol–water partition coefficient (Wildman–Crippen LogP) is 4.64. The molecule has 1 aliphatic heterocycles. The zero-order valence-corrected chi connectivity index (χ0v) is 13.7. The summed E-state index contributed by atoms with van der Waals surface area (Å²) in [7, 11) is 2.07. The van der Waals surface area contributed by atoms with Crippen molar-refractivity contribution in [3.8, 4) is 0 Å². The molecule has 1 fully saturated rings. The first-order valence-corrected chi connectivity index (χ1v) is 8.71. The fourth-order valence-electron chi connectivity index (χ4n) is 3.16. The average molecular weight is 289 g/mol. The van der Waals surface area contributed by atoms with Crippen LogP contribution in [0.15, 0.2) is 24.3 Å². The SMILES string of the molecule is CCCCc1ccc(C(CCC2CCCCO2)NC)cc1. The van der Waals surface area contributed by atoms with E-state index in [0.717, 1.165) is 13.0 Å². The van der Waals surface area contributed by atoms with Crippen LogP contribution in [-0.4, -0.2) is 19.8 Å². The van der Waals surface area contributed by atoms with Gasteiger partial charge in [0.2, 0.25) is 0 Å². The van der Waals surface area contributed by atoms with Gasteiger partial charge in [-0.1, -0.05) is 37.6 Å². The van der Waals surface area contributed by atoms with Gasteiger partial charge in [-0.2, -0.15) is 0 Å². The van der Waals surface area contributed by atoms with Gasteiger partial charge < -0.3 is 10.1 Å². The molecule has 2 atom stereocenters. The zero-order chi connectivity index (χ0) is 14.9. The van der Waals surface area contributed by atoms with Crippen LogP contribution in [0, 0.1) is 0 Å². The van der Waals surface area contributed by atoms with E-state index in [2.05, 4.69) is 43.6 Å². The van der Waals surface area contributed by atoms with Crippen LogP contribution < -0.4 is 5.32 Å². The molecule has 21 heavy (non-hydrogen) atoms. The number of hydrogen-bond donors (Lipinski definition) is 1. The standard InChI is InChI=1S/C19H31NO/c1-3-4-7-16-9-11-17(12-10-16)19(20-2)14-13-18-8-5-6-15-21-18/h9-12,18-20H,3-8,13-15H2,1-2H3. The second-order valence-corrected chi connectivity index (χ2v) is 6.25. The minimum absolute atomic E-state index is 0.454. The summed E-state index contributed by atoms with van der Waals surface area (Å²) in [6, 6.07) is 9.65. The summed E-state index contributed by atoms with van der Waals surface area (Å²) in [5.41, 5.74) is 2.87. The summed E-state index contributed by atoms with van der Waals surface area (Å²) >= 11 is 0. The number of rotatable bonds is 8. The molecule has 0 bridgehead atoms. The fourth-order valence-corrected chi connectivity index (χ4v) is 3.16. The third-order valence-corrected chi connectivity index (χ3v) is 4.60. The molecule has 118 valence electrons. The van der Waals surface area contributed by atoms with Gasteiger partial charge in [0, 0.05) is 12.6 Å². The quantitative estimate of drug-likeness (QED) is 0.753. The number of benzene rings is 1. The second kappa shape index (κ2) is 9.22. The van der Waals surface area contributed by atoms with Crippen molar-refractivity contribution in [1.29, 1.82) is 0 Å². The van der Waals surface area contributed by atoms with Crippen molar-refractivity contribution in [1.82, 2.24) is 5.32 Å². The van der Waals surface area contributed by atoms with E-state index in [1.165, 1.54) is 56.1 Å². The van der Waals surface area contributed by atoms with Crippen molar-refractivity contribution < 1.29 is 4.74 Å². The van der Waals surface area contributed by atoms with Crippen molar-refractivity contribution in [2.75, 3.05) is 13.7 Å². The van der Waals surface area contributed by atoms with Crippen LogP contribution in [0.5, 0.6) is 0 Å². The Balaban J connectivity index is 1.84. The molecule has 0 radical (unpaired) electrons. The second-order valence-electron chi connectivity index (χ2n) is 6.25. The summed E-state index contributed by atoms with van der Waals surface area (Å²) in [5, 5.41) is 3.47. The molecule has 2 unspecified atom stereocenters. The molecular weight excluding hydrogens is 258 g/mol. The first kappa shape index (κ1) is 16.5. The van der Waals surface area contributed by atoms with E-state index in [-0.39, 0.29) is 0 Å². The monoisotopic (exact) mass is 289 g/mol. The molecule has 0 amide bonds. The van der Waals surface area contributed by atoms with Gasteiger partial charge in [0.05, 0.1) is 6.10 Å². The summed E-state index contributed by atoms with van der Waals surface area (Å²) < 4.78 is 5.84. The van der Waals surface area contributed by atoms with E-state index >= 15 is 0 Å². The lowest BCUT2D eigenvalue weighted by atomic mass is 9.96. The van der Waals surface area contributed by atoms with Gasteiger partial charge in [-0.3, -0.25) is 0 Å². The zero-order valence-electron chi connectivity index (χ0n) is 13.7. The number of unbranched alkanes of at least 4 members (excludes halogenated alkanes) is 1. The molecule has 1 N–H and O–H groups in total. The average Bonchev–Trinajstić information content (AvgIpc) is 2.55. The van der Waals surface area contributed by atoms with Crippen molar-refractivity contribution in [3.63, 3.8) is 0 Å². The fraction of sp³-hybridized carbons (Fsp3) is 0.684. The highest BCUT2D eigenvalue weighted by Crippen LogP contribution is 2.24. The third-order valence-electron chi connectivity index (χ3n) is 4.60. The van der Waals surface area contributed by atoms with Crippen molar-refractivity contribution in [2.45, 2.75) is 70.4 Å². The van der Waals surface area contributed by atoms with E-state index < -0.39 is 0 Å². The molecule has 2 nitrogen and oxygen atoms in total. The van der Waals surface area contributed by atoms with Crippen molar-refractivity contribution in [3.05, 3.63) is 35.4 Å². The molecule has 1 saturated heterocycles. The first-order chi connectivity index (χ1) is 10.3. The molecule has 0 saturated carbocycles. The van der Waals surface area contributed by atoms with Gasteiger partial charge in [0.15, 0.2) is 0 Å². The van der Waals surface area contributed by atoms with E-state index in [1.54, 1.807) is 0 Å². The topological polar surface area (TPSA) is 21.3 Å². The lowest BCUT2D eigenvalue weighted by Gasteiger charge is -2.25. The van der Waals surface area contributed by atoms with Gasteiger partial charge in [-0.15, -0.1) is 0 Å². The summed E-state index contributed by atoms with van der Waals surface area (Å²) in [6.07, 6.45) is 10.4. The molecule has 1 aromatic rings. The van der Waals surface area contributed by atoms with Crippen LogP contribution in [0.2, 0.25) is 0 Å². The molecular formula is C19H31NO. The Labute approximate surface area is 130 Å². The van der Waals surface area contributed by atoms with Gasteiger partial charge in [0.1, 0.15) is 0 Å². The van der Waals surface area contributed by atoms with E-state index in [4.69, 9.17) is 4.74 Å². The Bertz CT molecular complexity index is 381. The molecule has 1 heterocycles. The Kier molecular flexibility index (Phi) is 7.25. The van der Waals surface area contributed by atoms with Gasteiger partial charge >= 0.3 is 0 Å². The lowest BCUT2D eigenvalue weighted by molar-refractivity contribution is 0.00866. The minimum atomic E-state index is 0.454. The Morgan fingerprint density at radius 3 is 2.67 bits per heavy atom. The summed E-state index contributed by atoms with van der Waals surface area (Å²) in [5.74, 6) is 0. The van der Waals surface area contributed by atoms with Gasteiger partial charge in [-0.05, 0) is 63.1 Å². The largest absolute Gasteiger partial charge is 0.378 e. The number of aryl methyl sites for hydroxylation is 1. The Morgan fingerprint density at radius 1 is 1.24 bits per heavy atom. The number of nitrogens with one attached hydrogen (secondary N) is 1. The maximum atomic E-state index is 5.84. The van der Waals surface area contributed by atoms with Crippen LogP contribution in [0.3, 0.4) is 0 Å². The molecule has 0 spiro atoms. The van der Waals surface area contributed by atoms with E-state index in [9.17, 15) is 0 Å². The molecule has 1 aromatic carbocycles. The Hall–Kier alpha value is -0.860. The van der Waals surface area contributed by atoms with Crippen LogP contribution >= 0.6 is 0 Å². The lowest BCUT2D eigenvalue weighted by Crippen LogP contribution is -2.23. The maximum absolute atomic E-state index is 5.84. The molecule has 0 aliphatic carbocycles.